The molecule has 0 spiro atoms. The molecule has 8 heteroatoms. The number of ketones is 1. The average molecular weight is 488 g/mol. The number of allylic oxidation sites excluding steroid dienone is 2. The summed E-state index contributed by atoms with van der Waals surface area (Å²) < 4.78 is 18.8. The van der Waals surface area contributed by atoms with Gasteiger partial charge >= 0.3 is 0 Å². The molecule has 4 rings (SSSR count). The van der Waals surface area contributed by atoms with Gasteiger partial charge in [0.15, 0.2) is 5.78 Å². The van der Waals surface area contributed by atoms with Gasteiger partial charge in [-0.05, 0) is 61.9 Å². The lowest BCUT2D eigenvalue weighted by Crippen LogP contribution is -2.31. The molecule has 0 bridgehead atoms. The zero-order valence-electron chi connectivity index (χ0n) is 19.1. The first-order valence-corrected chi connectivity index (χ1v) is 11.8. The summed E-state index contributed by atoms with van der Waals surface area (Å²) in [5.41, 5.74) is 3.13. The van der Waals surface area contributed by atoms with Crippen molar-refractivity contribution in [2.24, 2.45) is 0 Å². The normalized spacial score (nSPS) is 15.4. The summed E-state index contributed by atoms with van der Waals surface area (Å²) in [6.07, 6.45) is 1.49. The monoisotopic (exact) mass is 487 g/mol. The van der Waals surface area contributed by atoms with E-state index in [1.165, 1.54) is 30.5 Å². The first kappa shape index (κ1) is 24.0. The molecule has 1 aliphatic heterocycles. The van der Waals surface area contributed by atoms with Gasteiger partial charge < -0.3 is 15.1 Å². The Labute approximate surface area is 206 Å². The van der Waals surface area contributed by atoms with Gasteiger partial charge in [0.25, 0.3) is 5.91 Å². The van der Waals surface area contributed by atoms with E-state index in [0.717, 1.165) is 17.3 Å². The van der Waals surface area contributed by atoms with Crippen LogP contribution in [-0.2, 0) is 4.79 Å². The van der Waals surface area contributed by atoms with Gasteiger partial charge in [0, 0.05) is 16.9 Å². The summed E-state index contributed by atoms with van der Waals surface area (Å²) in [4.78, 5) is 26.0. The Balaban J connectivity index is 1.64. The number of Topliss-reactive ketones (excluding diaryl/α,β-unsaturated/α-hetero) is 1. The summed E-state index contributed by atoms with van der Waals surface area (Å²) in [5.74, 6) is -1.26. The van der Waals surface area contributed by atoms with Crippen LogP contribution in [0.4, 0.5) is 10.1 Å². The number of furan rings is 1. The molecule has 6 nitrogen and oxygen atoms in total. The number of benzene rings is 2. The van der Waals surface area contributed by atoms with Crippen LogP contribution in [0.25, 0.3) is 0 Å². The molecule has 0 aliphatic carbocycles. The molecule has 35 heavy (non-hydrogen) atoms. The molecule has 1 aromatic heterocycles. The Kier molecular flexibility index (Phi) is 7.18. The van der Waals surface area contributed by atoms with E-state index in [2.05, 4.69) is 16.7 Å². The fraction of sp³-hybridized carbons (Fsp3) is 0.148. The maximum atomic E-state index is 13.4. The highest BCUT2D eigenvalue weighted by Gasteiger charge is 2.36. The summed E-state index contributed by atoms with van der Waals surface area (Å²) in [7, 11) is 0. The molecule has 1 aliphatic rings. The van der Waals surface area contributed by atoms with Crippen molar-refractivity contribution in [1.82, 2.24) is 5.32 Å². The number of hydrogen-bond donors (Lipinski definition) is 2. The van der Waals surface area contributed by atoms with E-state index in [1.807, 2.05) is 31.2 Å². The summed E-state index contributed by atoms with van der Waals surface area (Å²) in [6.45, 7) is 3.65. The van der Waals surface area contributed by atoms with Crippen molar-refractivity contribution in [3.8, 4) is 6.07 Å². The number of aryl methyl sites for hydroxylation is 1. The molecule has 2 N–H and O–H groups in total. The second kappa shape index (κ2) is 10.5. The van der Waals surface area contributed by atoms with Crippen molar-refractivity contribution in [2.75, 3.05) is 11.1 Å². The maximum Gasteiger partial charge on any atom is 0.254 e. The molecule has 0 radical (unpaired) electrons. The van der Waals surface area contributed by atoms with E-state index in [1.54, 1.807) is 19.1 Å². The zero-order valence-corrected chi connectivity index (χ0v) is 19.9. The quantitative estimate of drug-likeness (QED) is 0.417. The molecule has 176 valence electrons. The van der Waals surface area contributed by atoms with Crippen LogP contribution in [0.5, 0.6) is 0 Å². The third kappa shape index (κ3) is 5.20. The Morgan fingerprint density at radius 2 is 1.86 bits per heavy atom. The third-order valence-corrected chi connectivity index (χ3v) is 6.64. The Bertz CT molecular complexity index is 1370. The highest BCUT2D eigenvalue weighted by molar-refractivity contribution is 8.03. The number of para-hydroxylation sites is 1. The minimum Gasteiger partial charge on any atom is -0.468 e. The Morgan fingerprint density at radius 1 is 1.11 bits per heavy atom. The van der Waals surface area contributed by atoms with Gasteiger partial charge in [-0.2, -0.15) is 5.26 Å². The molecular weight excluding hydrogens is 465 g/mol. The lowest BCUT2D eigenvalue weighted by Gasteiger charge is -2.28. The van der Waals surface area contributed by atoms with Crippen molar-refractivity contribution >= 4 is 29.1 Å². The van der Waals surface area contributed by atoms with Crippen LogP contribution in [0, 0.1) is 24.1 Å². The van der Waals surface area contributed by atoms with Crippen LogP contribution in [0.1, 0.15) is 34.5 Å². The highest BCUT2D eigenvalue weighted by Crippen LogP contribution is 2.41. The number of halogens is 1. The van der Waals surface area contributed by atoms with Crippen molar-refractivity contribution in [1.29, 1.82) is 5.26 Å². The van der Waals surface area contributed by atoms with Gasteiger partial charge in [0.1, 0.15) is 11.6 Å². The number of rotatable bonds is 7. The Morgan fingerprint density at radius 3 is 2.51 bits per heavy atom. The standard InChI is InChI=1S/C27H22FN3O3S/c1-16-6-3-4-7-21(16)31-26(33)24-17(2)30-27(20(14-29)25(24)23-8-5-13-34-23)35-15-22(32)18-9-11-19(28)12-10-18/h3-13,25,30H,15H2,1-2H3,(H,31,33). The van der Waals surface area contributed by atoms with Crippen LogP contribution in [0.15, 0.2) is 93.2 Å². The number of dihydropyridines is 1. The first-order chi connectivity index (χ1) is 16.9. The predicted molar refractivity (Wildman–Crippen MR) is 133 cm³/mol. The van der Waals surface area contributed by atoms with E-state index in [4.69, 9.17) is 4.42 Å². The minimum absolute atomic E-state index is 0.0298. The van der Waals surface area contributed by atoms with Crippen LogP contribution >= 0.6 is 11.8 Å². The van der Waals surface area contributed by atoms with E-state index >= 15 is 0 Å². The molecule has 0 saturated heterocycles. The molecule has 3 aromatic rings. The van der Waals surface area contributed by atoms with Crippen molar-refractivity contribution in [3.63, 3.8) is 0 Å². The molecule has 0 fully saturated rings. The Hall–Kier alpha value is -4.09. The maximum absolute atomic E-state index is 13.4. The zero-order chi connectivity index (χ0) is 24.9. The van der Waals surface area contributed by atoms with Crippen molar-refractivity contribution in [3.05, 3.63) is 112 Å². The lowest BCUT2D eigenvalue weighted by molar-refractivity contribution is -0.113. The van der Waals surface area contributed by atoms with Gasteiger partial charge in [-0.15, -0.1) is 0 Å². The molecule has 2 heterocycles. The van der Waals surface area contributed by atoms with E-state index < -0.39 is 11.7 Å². The summed E-state index contributed by atoms with van der Waals surface area (Å²) >= 11 is 1.16. The van der Waals surface area contributed by atoms with Gasteiger partial charge in [0.05, 0.1) is 40.2 Å². The summed E-state index contributed by atoms with van der Waals surface area (Å²) in [6, 6.07) is 18.4. The van der Waals surface area contributed by atoms with Gasteiger partial charge in [-0.3, -0.25) is 9.59 Å². The number of nitrogens with one attached hydrogen (secondary N) is 2. The number of carbonyl (C=O) groups excluding carboxylic acids is 2. The molecule has 1 amide bonds. The predicted octanol–water partition coefficient (Wildman–Crippen LogP) is 5.68. The molecule has 1 atom stereocenters. The minimum atomic E-state index is -0.747. The van der Waals surface area contributed by atoms with Crippen LogP contribution in [-0.4, -0.2) is 17.4 Å². The van der Waals surface area contributed by atoms with Crippen molar-refractivity contribution < 1.29 is 18.4 Å². The van der Waals surface area contributed by atoms with E-state index in [-0.39, 0.29) is 23.0 Å². The largest absolute Gasteiger partial charge is 0.468 e. The number of anilines is 1. The van der Waals surface area contributed by atoms with Gasteiger partial charge in [-0.25, -0.2) is 4.39 Å². The third-order valence-electron chi connectivity index (χ3n) is 5.63. The molecule has 2 aromatic carbocycles. The summed E-state index contributed by atoms with van der Waals surface area (Å²) in [5, 5.41) is 16.6. The van der Waals surface area contributed by atoms with E-state index in [0.29, 0.717) is 33.3 Å². The molecule has 1 unspecified atom stereocenters. The fourth-order valence-corrected chi connectivity index (χ4v) is 4.81. The van der Waals surface area contributed by atoms with Crippen molar-refractivity contribution in [2.45, 2.75) is 19.8 Å². The van der Waals surface area contributed by atoms with E-state index in [9.17, 15) is 19.2 Å². The second-order valence-electron chi connectivity index (χ2n) is 7.95. The van der Waals surface area contributed by atoms with Crippen LogP contribution < -0.4 is 10.6 Å². The fourth-order valence-electron chi connectivity index (χ4n) is 3.83. The number of nitriles is 1. The number of thioether (sulfide) groups is 1. The number of hydrogen-bond acceptors (Lipinski definition) is 6. The lowest BCUT2D eigenvalue weighted by atomic mass is 9.85. The second-order valence-corrected chi connectivity index (χ2v) is 8.94. The number of nitrogens with zero attached hydrogens (tertiary/aromatic N) is 1. The smallest absolute Gasteiger partial charge is 0.254 e. The van der Waals surface area contributed by atoms with Crippen LogP contribution in [0.2, 0.25) is 0 Å². The highest BCUT2D eigenvalue weighted by atomic mass is 32.2. The molecular formula is C27H22FN3O3S. The van der Waals surface area contributed by atoms with Gasteiger partial charge in [0.2, 0.25) is 0 Å². The first-order valence-electron chi connectivity index (χ1n) is 10.8. The number of carbonyl (C=O) groups is 2. The number of amides is 1. The van der Waals surface area contributed by atoms with Gasteiger partial charge in [-0.1, -0.05) is 30.0 Å². The van der Waals surface area contributed by atoms with Crippen LogP contribution in [0.3, 0.4) is 0 Å². The SMILES string of the molecule is CC1=C(C(=O)Nc2ccccc2C)C(c2ccco2)C(C#N)=C(SCC(=O)c2ccc(F)cc2)N1. The topological polar surface area (TPSA) is 95.1 Å². The average Bonchev–Trinajstić information content (AvgIpc) is 3.38. The molecule has 0 saturated carbocycles.